The average Bonchev–Trinajstić information content (AvgIpc) is 1.58. The molecule has 17 heteroatoms. The Labute approximate surface area is 689 Å². The predicted molar refractivity (Wildman–Crippen MR) is 461 cm³/mol. The molecular formula is C99H101N3O12S2. The van der Waals surface area contributed by atoms with Crippen molar-refractivity contribution in [1.29, 1.82) is 5.26 Å². The zero-order valence-corrected chi connectivity index (χ0v) is 67.9. The summed E-state index contributed by atoms with van der Waals surface area (Å²) in [5, 5.41) is 18.5. The first-order valence-electron chi connectivity index (χ1n) is 41.2. The van der Waals surface area contributed by atoms with Gasteiger partial charge in [-0.1, -0.05) is 195 Å². The van der Waals surface area contributed by atoms with E-state index in [0.29, 0.717) is 117 Å². The topological polar surface area (TPSA) is 194 Å². The van der Waals surface area contributed by atoms with Crippen molar-refractivity contribution < 1.29 is 57.1 Å². The lowest BCUT2D eigenvalue weighted by molar-refractivity contribution is -0.152. The Morgan fingerprint density at radius 2 is 1.17 bits per heavy atom. The number of hydrazone groups is 1. The Morgan fingerprint density at radius 1 is 0.560 bits per heavy atom. The van der Waals surface area contributed by atoms with Crippen LogP contribution < -0.4 is 24.4 Å². The van der Waals surface area contributed by atoms with Gasteiger partial charge in [-0.15, -0.1) is 0 Å². The van der Waals surface area contributed by atoms with Crippen LogP contribution in [-0.4, -0.2) is 75.3 Å². The summed E-state index contributed by atoms with van der Waals surface area (Å²) in [4.78, 5) is 54.6. The highest BCUT2D eigenvalue weighted by atomic mass is 32.2. The molecule has 3 fully saturated rings. The maximum Gasteiger partial charge on any atom is 0.333 e. The Kier molecular flexibility index (Phi) is 28.7. The molecule has 14 rings (SSSR count). The van der Waals surface area contributed by atoms with Gasteiger partial charge < -0.3 is 37.9 Å². The first kappa shape index (κ1) is 81.8. The molecule has 3 atom stereocenters. The normalized spacial score (nSPS) is 17.2. The van der Waals surface area contributed by atoms with E-state index in [1.807, 2.05) is 97.1 Å². The van der Waals surface area contributed by atoms with Crippen LogP contribution in [0.25, 0.3) is 27.1 Å². The van der Waals surface area contributed by atoms with Crippen LogP contribution in [0.4, 0.5) is 5.69 Å². The molecule has 4 aliphatic rings. The zero-order valence-electron chi connectivity index (χ0n) is 66.3. The van der Waals surface area contributed by atoms with Crippen LogP contribution in [0.1, 0.15) is 165 Å². The number of unbranched alkanes of at least 4 members (excludes halogenated alkanes) is 2. The van der Waals surface area contributed by atoms with Crippen molar-refractivity contribution >= 4 is 86.4 Å². The number of thioether (sulfide) groups is 2. The van der Waals surface area contributed by atoms with Crippen LogP contribution in [0.5, 0.6) is 23.0 Å². The van der Waals surface area contributed by atoms with E-state index in [4.69, 9.17) is 43.0 Å². The van der Waals surface area contributed by atoms with Crippen LogP contribution in [0.3, 0.4) is 0 Å². The number of esters is 4. The van der Waals surface area contributed by atoms with E-state index in [1.165, 1.54) is 28.7 Å². The molecule has 0 amide bonds. The lowest BCUT2D eigenvalue weighted by Crippen LogP contribution is -2.29. The predicted octanol–water partition coefficient (Wildman–Crippen LogP) is 21.9. The number of nitrogens with zero attached hydrogens (tertiary/aromatic N) is 2. The summed E-state index contributed by atoms with van der Waals surface area (Å²) in [6.45, 7) is 10.2. The summed E-state index contributed by atoms with van der Waals surface area (Å²) < 4.78 is 49.0. The molecule has 2 heterocycles. The number of hydrogen-bond donors (Lipinski definition) is 1. The molecule has 0 spiro atoms. The number of hydrogen-bond acceptors (Lipinski definition) is 17. The van der Waals surface area contributed by atoms with Gasteiger partial charge in [-0.25, -0.2) is 4.79 Å². The van der Waals surface area contributed by atoms with Gasteiger partial charge in [0.1, 0.15) is 29.6 Å². The van der Waals surface area contributed by atoms with Crippen molar-refractivity contribution in [3.05, 3.63) is 284 Å². The van der Waals surface area contributed by atoms with Crippen molar-refractivity contribution in [2.45, 2.75) is 171 Å². The quantitative estimate of drug-likeness (QED) is 0.00730. The van der Waals surface area contributed by atoms with Crippen LogP contribution in [0.15, 0.2) is 238 Å². The molecule has 10 aromatic rings. The molecule has 0 bridgehead atoms. The first-order valence-corrected chi connectivity index (χ1v) is 42.8. The lowest BCUT2D eigenvalue weighted by Gasteiger charge is -2.26. The van der Waals surface area contributed by atoms with Gasteiger partial charge in [-0.2, -0.15) is 10.4 Å². The fourth-order valence-corrected chi connectivity index (χ4v) is 18.3. The molecule has 3 unspecified atom stereocenters. The number of anilines is 1. The molecule has 0 radical (unpaired) electrons. The maximum atomic E-state index is 14.2. The minimum Gasteiger partial charge on any atom is -0.494 e. The summed E-state index contributed by atoms with van der Waals surface area (Å²) in [6.07, 6.45) is 18.5. The number of fused-ring (bicyclic) bond motifs is 4. The fourth-order valence-electron chi connectivity index (χ4n) is 15.5. The second-order valence-electron chi connectivity index (χ2n) is 30.8. The molecule has 15 nitrogen and oxygen atoms in total. The van der Waals surface area contributed by atoms with Crippen molar-refractivity contribution in [1.82, 2.24) is 0 Å². The minimum absolute atomic E-state index is 0.193. The molecule has 116 heavy (non-hydrogen) atoms. The van der Waals surface area contributed by atoms with Gasteiger partial charge in [0, 0.05) is 48.2 Å². The number of carbonyl (C=O) groups excluding carboxylic acids is 4. The van der Waals surface area contributed by atoms with Crippen LogP contribution in [0.2, 0.25) is 0 Å². The highest BCUT2D eigenvalue weighted by molar-refractivity contribution is 8.25. The van der Waals surface area contributed by atoms with E-state index >= 15 is 0 Å². The van der Waals surface area contributed by atoms with E-state index in [0.717, 1.165) is 158 Å². The van der Waals surface area contributed by atoms with Crippen LogP contribution in [0, 0.1) is 29.1 Å². The van der Waals surface area contributed by atoms with Crippen molar-refractivity contribution in [3.8, 4) is 29.1 Å². The molecule has 2 aliphatic heterocycles. The minimum atomic E-state index is -0.429. The Balaban J connectivity index is 0.579. The number of carbonyl (C=O) groups is 4. The van der Waals surface area contributed by atoms with Gasteiger partial charge in [-0.05, 0) is 243 Å². The van der Waals surface area contributed by atoms with E-state index < -0.39 is 5.97 Å². The van der Waals surface area contributed by atoms with Gasteiger partial charge in [0.2, 0.25) is 0 Å². The maximum absolute atomic E-state index is 14.2. The second kappa shape index (κ2) is 40.7. The van der Waals surface area contributed by atoms with Crippen molar-refractivity contribution in [3.63, 3.8) is 0 Å². The number of aryl methyl sites for hydroxylation is 6. The smallest absolute Gasteiger partial charge is 0.333 e. The molecule has 2 saturated carbocycles. The molecular weight excluding hydrogens is 1490 g/mol. The second-order valence-corrected chi connectivity index (χ2v) is 33.1. The number of benzene rings is 10. The third kappa shape index (κ3) is 22.5. The third-order valence-electron chi connectivity index (χ3n) is 22.2. The SMILES string of the molecule is C=C(C)C(=O)OCCCCOC(=O)C1CCC(C(=O)Oc2c(/C=N/Nc3ccc4ccccc4c3)cc(CCc3ccc(CCCCc4ccc(COc5ccc(OC(=O)CCc6ccc(OCCCOCC7CCC8OC8C7)cc6)c6c5S/C(=C(\c5ccc(C#N)cc5)c5ccc(CCC)cc5)S6)cc4)cc3)c3ccccc23)CC1. The fraction of sp³-hybridized carbons (Fsp3) is 0.333. The summed E-state index contributed by atoms with van der Waals surface area (Å²) in [6, 6.07) is 72.7. The zero-order chi connectivity index (χ0) is 80.0. The van der Waals surface area contributed by atoms with Gasteiger partial charge in [0.25, 0.3) is 0 Å². The van der Waals surface area contributed by atoms with Gasteiger partial charge in [0.05, 0.1) is 81.4 Å². The molecule has 0 aromatic heterocycles. The summed E-state index contributed by atoms with van der Waals surface area (Å²) in [7, 11) is 0. The lowest BCUT2D eigenvalue weighted by atomic mass is 9.82. The monoisotopic (exact) mass is 1590 g/mol. The largest absolute Gasteiger partial charge is 0.494 e. The number of epoxide rings is 1. The summed E-state index contributed by atoms with van der Waals surface area (Å²) >= 11 is 3.20. The molecule has 10 aromatic carbocycles. The van der Waals surface area contributed by atoms with Crippen molar-refractivity contribution in [2.24, 2.45) is 22.9 Å². The number of nitriles is 1. The van der Waals surface area contributed by atoms with Gasteiger partial charge in [-0.3, -0.25) is 19.8 Å². The number of ether oxygens (including phenoxy) is 8. The van der Waals surface area contributed by atoms with Crippen LogP contribution in [-0.2, 0) is 83.3 Å². The molecule has 596 valence electrons. The van der Waals surface area contributed by atoms with E-state index in [2.05, 4.69) is 134 Å². The number of rotatable bonds is 38. The first-order chi connectivity index (χ1) is 56.8. The van der Waals surface area contributed by atoms with Crippen LogP contribution >= 0.6 is 23.5 Å². The van der Waals surface area contributed by atoms with Gasteiger partial charge >= 0.3 is 23.9 Å². The van der Waals surface area contributed by atoms with Gasteiger partial charge in [0.15, 0.2) is 0 Å². The summed E-state index contributed by atoms with van der Waals surface area (Å²) in [5.41, 5.74) is 17.0. The van der Waals surface area contributed by atoms with Crippen molar-refractivity contribution in [2.75, 3.05) is 38.5 Å². The summed E-state index contributed by atoms with van der Waals surface area (Å²) in [5.74, 6) is 0.999. The molecule has 1 N–H and O–H groups in total. The Morgan fingerprint density at radius 3 is 1.87 bits per heavy atom. The Hall–Kier alpha value is -10.7. The third-order valence-corrected chi connectivity index (χ3v) is 24.8. The average molecular weight is 1590 g/mol. The van der Waals surface area contributed by atoms with E-state index in [9.17, 15) is 24.4 Å². The van der Waals surface area contributed by atoms with E-state index in [1.54, 1.807) is 36.7 Å². The standard InChI is InChI=1S/C99H101N3O12S2/c1-4-14-67-29-38-76(39-30-67)92(77-40-32-72(62-100)33-41-77)99-115-94-88(52-53-89(95(94)116-99)113-91(103)54-37-71-34-49-84(50-35-71)108-58-13-55-107-64-74-36-51-87-90(59-74)112-87)111-65-73-27-25-69(26-28-73)16-6-5-15-68-21-23-70(24-22-68)31-42-81-60-82(63-101-102-83-48-47-75-17-7-8-18-80(75)61-83)93(86-20-10-9-19-85(81)86)114-98(106)79-45-43-78(44-46-79)97(105)110-57-12-11-56-109-96(104)66(2)3/h7-10,17-30,32-35,38-41,47-50,52-53,60-61,63,74,78-79,87,90,102H,2,4-6,11-16,31,36-37,42-46,51,54-59,64-65H2,1,3H3/b99-92+,101-63+. The Bertz CT molecular complexity index is 5180. The molecule has 2 aliphatic carbocycles. The molecule has 1 saturated heterocycles. The highest BCUT2D eigenvalue weighted by Gasteiger charge is 2.44. The number of nitrogens with one attached hydrogen (secondary N) is 1. The highest BCUT2D eigenvalue weighted by Crippen LogP contribution is 2.61. The van der Waals surface area contributed by atoms with E-state index in [-0.39, 0.29) is 49.4 Å².